The van der Waals surface area contributed by atoms with Crippen LogP contribution in [0, 0.1) is 13.8 Å². The second kappa shape index (κ2) is 7.72. The zero-order valence-electron chi connectivity index (χ0n) is 15.4. The molecule has 3 heterocycles. The number of ether oxygens (including phenoxy) is 1. The summed E-state index contributed by atoms with van der Waals surface area (Å²) in [5.41, 5.74) is 4.14. The molecule has 1 N–H and O–H groups in total. The first-order chi connectivity index (χ1) is 12.7. The third kappa shape index (κ3) is 3.48. The Hall–Kier alpha value is -2.99. The van der Waals surface area contributed by atoms with Crippen molar-refractivity contribution in [3.8, 4) is 5.75 Å². The van der Waals surface area contributed by atoms with Crippen LogP contribution in [0.5, 0.6) is 5.75 Å². The van der Waals surface area contributed by atoms with Crippen molar-refractivity contribution < 1.29 is 9.15 Å². The van der Waals surface area contributed by atoms with Gasteiger partial charge in [-0.1, -0.05) is 0 Å². The molecule has 0 aliphatic rings. The Morgan fingerprint density at radius 2 is 1.89 bits per heavy atom. The molecule has 0 aliphatic heterocycles. The average molecular weight is 385 g/mol. The molecule has 0 fully saturated rings. The van der Waals surface area contributed by atoms with Crippen molar-refractivity contribution >= 4 is 34.9 Å². The van der Waals surface area contributed by atoms with Crippen LogP contribution in [-0.4, -0.2) is 21.6 Å². The molecule has 0 amide bonds. The molecule has 0 saturated carbocycles. The first-order valence-corrected chi connectivity index (χ1v) is 8.41. The molecule has 6 nitrogen and oxygen atoms in total. The van der Waals surface area contributed by atoms with Gasteiger partial charge in [0, 0.05) is 11.4 Å². The fourth-order valence-electron chi connectivity index (χ4n) is 3.13. The highest BCUT2D eigenvalue weighted by molar-refractivity contribution is 5.93. The first-order valence-electron chi connectivity index (χ1n) is 8.41. The van der Waals surface area contributed by atoms with E-state index in [1.165, 1.54) is 0 Å². The summed E-state index contributed by atoms with van der Waals surface area (Å²) in [6.45, 7) is 4.83. The number of aryl methyl sites for hydroxylation is 1. The minimum absolute atomic E-state index is 0. The van der Waals surface area contributed by atoms with Gasteiger partial charge in [-0.15, -0.1) is 12.4 Å². The molecule has 140 valence electrons. The van der Waals surface area contributed by atoms with E-state index in [-0.39, 0.29) is 12.4 Å². The largest absolute Gasteiger partial charge is 0.497 e. The third-order valence-corrected chi connectivity index (χ3v) is 4.65. The molecule has 3 aromatic heterocycles. The molecule has 7 heteroatoms. The summed E-state index contributed by atoms with van der Waals surface area (Å²) in [6, 6.07) is 11.6. The molecule has 0 unspecified atom stereocenters. The van der Waals surface area contributed by atoms with Crippen molar-refractivity contribution in [1.82, 2.24) is 14.5 Å². The average Bonchev–Trinajstić information content (AvgIpc) is 3.26. The smallest absolute Gasteiger partial charge is 0.146 e. The summed E-state index contributed by atoms with van der Waals surface area (Å²) in [5.74, 6) is 2.51. The predicted molar refractivity (Wildman–Crippen MR) is 108 cm³/mol. The van der Waals surface area contributed by atoms with Gasteiger partial charge in [-0.05, 0) is 55.8 Å². The molecule has 4 aromatic rings. The van der Waals surface area contributed by atoms with Gasteiger partial charge in [0.05, 0.1) is 25.3 Å². The Kier molecular flexibility index (Phi) is 5.37. The topological polar surface area (TPSA) is 65.1 Å². The first kappa shape index (κ1) is 18.8. The van der Waals surface area contributed by atoms with Crippen molar-refractivity contribution in [2.24, 2.45) is 0 Å². The lowest BCUT2D eigenvalue weighted by Crippen LogP contribution is -2.02. The van der Waals surface area contributed by atoms with E-state index in [0.717, 1.165) is 45.3 Å². The van der Waals surface area contributed by atoms with Crippen molar-refractivity contribution in [2.75, 3.05) is 12.4 Å². The van der Waals surface area contributed by atoms with Crippen molar-refractivity contribution in [3.05, 3.63) is 66.0 Å². The van der Waals surface area contributed by atoms with Crippen LogP contribution in [0.2, 0.25) is 0 Å². The van der Waals surface area contributed by atoms with Gasteiger partial charge in [0.15, 0.2) is 0 Å². The van der Waals surface area contributed by atoms with E-state index in [2.05, 4.69) is 33.7 Å². The normalized spacial score (nSPS) is 10.6. The van der Waals surface area contributed by atoms with Crippen LogP contribution in [0.25, 0.3) is 11.0 Å². The number of methoxy groups -OCH3 is 1. The van der Waals surface area contributed by atoms with Gasteiger partial charge in [-0.3, -0.25) is 0 Å². The summed E-state index contributed by atoms with van der Waals surface area (Å²) < 4.78 is 12.9. The second-order valence-corrected chi connectivity index (χ2v) is 6.15. The molecular weight excluding hydrogens is 364 g/mol. The van der Waals surface area contributed by atoms with Gasteiger partial charge < -0.3 is 19.0 Å². The van der Waals surface area contributed by atoms with Crippen LogP contribution in [0.3, 0.4) is 0 Å². The van der Waals surface area contributed by atoms with E-state index in [0.29, 0.717) is 6.54 Å². The number of rotatable bonds is 5. The molecular formula is C20H21ClN4O2. The van der Waals surface area contributed by atoms with E-state index in [9.17, 15) is 0 Å². The number of aromatic nitrogens is 3. The Bertz CT molecular complexity index is 1040. The van der Waals surface area contributed by atoms with Gasteiger partial charge in [-0.2, -0.15) is 0 Å². The fraction of sp³-hybridized carbons (Fsp3) is 0.200. The van der Waals surface area contributed by atoms with E-state index in [1.807, 2.05) is 36.4 Å². The number of fused-ring (bicyclic) bond motifs is 1. The van der Waals surface area contributed by atoms with E-state index >= 15 is 0 Å². The molecule has 0 aliphatic carbocycles. The minimum atomic E-state index is 0. The number of nitrogens with one attached hydrogen (secondary N) is 1. The number of furan rings is 1. The van der Waals surface area contributed by atoms with Crippen LogP contribution in [0.1, 0.15) is 17.0 Å². The number of hydrogen-bond acceptors (Lipinski definition) is 5. The summed E-state index contributed by atoms with van der Waals surface area (Å²) in [6.07, 6.45) is 3.28. The molecule has 1 aromatic carbocycles. The molecule has 4 rings (SSSR count). The Balaban J connectivity index is 0.00000210. The summed E-state index contributed by atoms with van der Waals surface area (Å²) >= 11 is 0. The Morgan fingerprint density at radius 3 is 2.56 bits per heavy atom. The molecule has 0 bridgehead atoms. The highest BCUT2D eigenvalue weighted by Gasteiger charge is 2.17. The number of nitrogens with zero attached hydrogens (tertiary/aromatic N) is 3. The SMILES string of the molecule is COc1ccc(Nc2ncnc3c2c(C)c(C)n3Cc2ccco2)cc1.Cl. The fourth-order valence-corrected chi connectivity index (χ4v) is 3.13. The van der Waals surface area contributed by atoms with Gasteiger partial charge in [0.25, 0.3) is 0 Å². The minimum Gasteiger partial charge on any atom is -0.497 e. The molecule has 27 heavy (non-hydrogen) atoms. The molecule has 0 atom stereocenters. The third-order valence-electron chi connectivity index (χ3n) is 4.65. The van der Waals surface area contributed by atoms with Gasteiger partial charge >= 0.3 is 0 Å². The maximum absolute atomic E-state index is 5.51. The number of anilines is 2. The maximum atomic E-state index is 5.51. The van der Waals surface area contributed by atoms with Crippen LogP contribution >= 0.6 is 12.4 Å². The maximum Gasteiger partial charge on any atom is 0.146 e. The number of benzene rings is 1. The van der Waals surface area contributed by atoms with Crippen molar-refractivity contribution in [2.45, 2.75) is 20.4 Å². The van der Waals surface area contributed by atoms with Crippen LogP contribution in [0.15, 0.2) is 53.4 Å². The molecule has 0 saturated heterocycles. The van der Waals surface area contributed by atoms with E-state index in [4.69, 9.17) is 9.15 Å². The van der Waals surface area contributed by atoms with Gasteiger partial charge in [0.1, 0.15) is 29.3 Å². The number of halogens is 1. The van der Waals surface area contributed by atoms with Crippen LogP contribution in [0.4, 0.5) is 11.5 Å². The lowest BCUT2D eigenvalue weighted by molar-refractivity contribution is 0.415. The van der Waals surface area contributed by atoms with Crippen molar-refractivity contribution in [1.29, 1.82) is 0 Å². The molecule has 0 spiro atoms. The standard InChI is InChI=1S/C20H20N4O2.ClH/c1-13-14(2)24(11-17-5-4-10-26-17)20-18(13)19(21-12-22-20)23-15-6-8-16(25-3)9-7-15;/h4-10,12H,11H2,1-3H3,(H,21,22,23);1H. The Labute approximate surface area is 163 Å². The van der Waals surface area contributed by atoms with Gasteiger partial charge in [0.2, 0.25) is 0 Å². The lowest BCUT2D eigenvalue weighted by Gasteiger charge is -2.09. The van der Waals surface area contributed by atoms with E-state index in [1.54, 1.807) is 19.7 Å². The van der Waals surface area contributed by atoms with Crippen LogP contribution in [-0.2, 0) is 6.54 Å². The summed E-state index contributed by atoms with van der Waals surface area (Å²) in [4.78, 5) is 8.99. The quantitative estimate of drug-likeness (QED) is 0.532. The lowest BCUT2D eigenvalue weighted by atomic mass is 10.2. The zero-order chi connectivity index (χ0) is 18.1. The predicted octanol–water partition coefficient (Wildman–Crippen LogP) is 4.86. The van der Waals surface area contributed by atoms with Crippen molar-refractivity contribution in [3.63, 3.8) is 0 Å². The molecule has 0 radical (unpaired) electrons. The van der Waals surface area contributed by atoms with E-state index < -0.39 is 0 Å². The summed E-state index contributed by atoms with van der Waals surface area (Å²) in [5, 5.41) is 4.42. The highest BCUT2D eigenvalue weighted by atomic mass is 35.5. The highest BCUT2D eigenvalue weighted by Crippen LogP contribution is 2.31. The second-order valence-electron chi connectivity index (χ2n) is 6.15. The monoisotopic (exact) mass is 384 g/mol. The summed E-state index contributed by atoms with van der Waals surface area (Å²) in [7, 11) is 1.66. The number of hydrogen-bond donors (Lipinski definition) is 1. The van der Waals surface area contributed by atoms with Gasteiger partial charge in [-0.25, -0.2) is 9.97 Å². The zero-order valence-corrected chi connectivity index (χ0v) is 16.2. The Morgan fingerprint density at radius 1 is 1.11 bits per heavy atom. The van der Waals surface area contributed by atoms with Crippen LogP contribution < -0.4 is 10.1 Å².